The van der Waals surface area contributed by atoms with Gasteiger partial charge in [0, 0.05) is 10.0 Å². The third-order valence-electron chi connectivity index (χ3n) is 3.63. The second kappa shape index (κ2) is 8.02. The highest BCUT2D eigenvalue weighted by atomic mass is 79.9. The Balaban J connectivity index is 2.19. The van der Waals surface area contributed by atoms with Crippen LogP contribution in [0.25, 0.3) is 0 Å². The third-order valence-corrected chi connectivity index (χ3v) is 4.16. The highest BCUT2D eigenvalue weighted by Gasteiger charge is 2.16. The van der Waals surface area contributed by atoms with Crippen molar-refractivity contribution in [2.24, 2.45) is 0 Å². The van der Waals surface area contributed by atoms with Crippen LogP contribution in [0.4, 0.5) is 0 Å². The van der Waals surface area contributed by atoms with Gasteiger partial charge >= 0.3 is 0 Å². The second-order valence-electron chi connectivity index (χ2n) is 5.06. The molecule has 0 aliphatic heterocycles. The smallest absolute Gasteiger partial charge is 0.251 e. The van der Waals surface area contributed by atoms with Crippen LogP contribution in [0.1, 0.15) is 35.3 Å². The molecule has 122 valence electrons. The molecule has 1 atom stereocenters. The Morgan fingerprint density at radius 2 is 1.74 bits per heavy atom. The third kappa shape index (κ3) is 4.26. The molecule has 4 nitrogen and oxygen atoms in total. The van der Waals surface area contributed by atoms with Crippen molar-refractivity contribution in [2.45, 2.75) is 19.4 Å². The SMILES string of the molecule is CCC(NC(=O)c1ccc(Br)cc1)c1ccc(OC)c(OC)c1. The van der Waals surface area contributed by atoms with Crippen LogP contribution in [0.2, 0.25) is 0 Å². The zero-order valence-electron chi connectivity index (χ0n) is 13.4. The van der Waals surface area contributed by atoms with Crippen LogP contribution < -0.4 is 14.8 Å². The van der Waals surface area contributed by atoms with Gasteiger partial charge in [0.05, 0.1) is 20.3 Å². The fourth-order valence-corrected chi connectivity index (χ4v) is 2.60. The van der Waals surface area contributed by atoms with Crippen LogP contribution in [0.3, 0.4) is 0 Å². The van der Waals surface area contributed by atoms with Gasteiger partial charge in [-0.2, -0.15) is 0 Å². The molecule has 0 radical (unpaired) electrons. The van der Waals surface area contributed by atoms with Crippen molar-refractivity contribution >= 4 is 21.8 Å². The van der Waals surface area contributed by atoms with E-state index in [1.807, 2.05) is 37.3 Å². The lowest BCUT2D eigenvalue weighted by molar-refractivity contribution is 0.0935. The van der Waals surface area contributed by atoms with E-state index in [2.05, 4.69) is 21.2 Å². The first-order valence-corrected chi connectivity index (χ1v) is 8.16. The minimum absolute atomic E-state index is 0.0917. The van der Waals surface area contributed by atoms with E-state index in [1.54, 1.807) is 26.4 Å². The largest absolute Gasteiger partial charge is 0.493 e. The molecule has 0 spiro atoms. The lowest BCUT2D eigenvalue weighted by Crippen LogP contribution is -2.28. The number of carbonyl (C=O) groups excluding carboxylic acids is 1. The summed E-state index contributed by atoms with van der Waals surface area (Å²) >= 11 is 3.37. The number of methoxy groups -OCH3 is 2. The quantitative estimate of drug-likeness (QED) is 0.813. The van der Waals surface area contributed by atoms with Gasteiger partial charge in [0.25, 0.3) is 5.91 Å². The minimum Gasteiger partial charge on any atom is -0.493 e. The molecule has 0 heterocycles. The van der Waals surface area contributed by atoms with Crippen LogP contribution in [-0.2, 0) is 0 Å². The molecule has 1 unspecified atom stereocenters. The van der Waals surface area contributed by atoms with Gasteiger partial charge in [0.2, 0.25) is 0 Å². The van der Waals surface area contributed by atoms with Crippen molar-refractivity contribution in [2.75, 3.05) is 14.2 Å². The van der Waals surface area contributed by atoms with Gasteiger partial charge in [0.15, 0.2) is 11.5 Å². The predicted octanol–water partition coefficient (Wildman–Crippen LogP) is 4.35. The Bertz CT molecular complexity index is 670. The molecule has 0 aliphatic carbocycles. The maximum Gasteiger partial charge on any atom is 0.251 e. The predicted molar refractivity (Wildman–Crippen MR) is 94.2 cm³/mol. The number of hydrogen-bond donors (Lipinski definition) is 1. The Kier molecular flexibility index (Phi) is 6.04. The first kappa shape index (κ1) is 17.3. The number of carbonyl (C=O) groups is 1. The zero-order valence-corrected chi connectivity index (χ0v) is 15.0. The molecule has 0 saturated heterocycles. The molecular weight excluding hydrogens is 358 g/mol. The average Bonchev–Trinajstić information content (AvgIpc) is 2.59. The number of amides is 1. The van der Waals surface area contributed by atoms with E-state index in [0.29, 0.717) is 17.1 Å². The molecule has 23 heavy (non-hydrogen) atoms. The lowest BCUT2D eigenvalue weighted by Gasteiger charge is -2.19. The van der Waals surface area contributed by atoms with E-state index in [-0.39, 0.29) is 11.9 Å². The number of benzene rings is 2. The normalized spacial score (nSPS) is 11.7. The van der Waals surface area contributed by atoms with Gasteiger partial charge in [-0.3, -0.25) is 4.79 Å². The first-order valence-electron chi connectivity index (χ1n) is 7.37. The number of hydrogen-bond acceptors (Lipinski definition) is 3. The summed E-state index contributed by atoms with van der Waals surface area (Å²) in [6.07, 6.45) is 0.776. The summed E-state index contributed by atoms with van der Waals surface area (Å²) < 4.78 is 11.5. The maximum absolute atomic E-state index is 12.4. The lowest BCUT2D eigenvalue weighted by atomic mass is 10.0. The van der Waals surface area contributed by atoms with Gasteiger partial charge in [-0.05, 0) is 48.4 Å². The monoisotopic (exact) mass is 377 g/mol. The number of nitrogens with one attached hydrogen (secondary N) is 1. The molecule has 2 aromatic rings. The Morgan fingerprint density at radius 1 is 1.09 bits per heavy atom. The molecular formula is C18H20BrNO3. The summed E-state index contributed by atoms with van der Waals surface area (Å²) in [6, 6.07) is 12.9. The average molecular weight is 378 g/mol. The number of ether oxygens (including phenoxy) is 2. The van der Waals surface area contributed by atoms with Crippen LogP contribution in [0.5, 0.6) is 11.5 Å². The second-order valence-corrected chi connectivity index (χ2v) is 5.97. The van der Waals surface area contributed by atoms with Gasteiger partial charge < -0.3 is 14.8 Å². The van der Waals surface area contributed by atoms with Crippen molar-refractivity contribution in [3.05, 3.63) is 58.1 Å². The Labute approximate surface area is 144 Å². The summed E-state index contributed by atoms with van der Waals surface area (Å²) in [7, 11) is 3.20. The molecule has 1 N–H and O–H groups in total. The van der Waals surface area contributed by atoms with Crippen LogP contribution in [0, 0.1) is 0 Å². The number of rotatable bonds is 6. The summed E-state index contributed by atoms with van der Waals surface area (Å²) in [5.74, 6) is 1.23. The topological polar surface area (TPSA) is 47.6 Å². The van der Waals surface area contributed by atoms with Gasteiger partial charge in [0.1, 0.15) is 0 Å². The highest BCUT2D eigenvalue weighted by molar-refractivity contribution is 9.10. The van der Waals surface area contributed by atoms with Crippen LogP contribution in [0.15, 0.2) is 46.9 Å². The number of halogens is 1. The van der Waals surface area contributed by atoms with Crippen molar-refractivity contribution < 1.29 is 14.3 Å². The first-order chi connectivity index (χ1) is 11.1. The molecule has 2 rings (SSSR count). The molecule has 5 heteroatoms. The summed E-state index contributed by atoms with van der Waals surface area (Å²) in [5, 5.41) is 3.06. The molecule has 0 aliphatic rings. The Hall–Kier alpha value is -2.01. The summed E-state index contributed by atoms with van der Waals surface area (Å²) in [4.78, 5) is 12.4. The van der Waals surface area contributed by atoms with Crippen molar-refractivity contribution in [3.8, 4) is 11.5 Å². The summed E-state index contributed by atoms with van der Waals surface area (Å²) in [6.45, 7) is 2.03. The van der Waals surface area contributed by atoms with Crippen molar-refractivity contribution in [3.63, 3.8) is 0 Å². The van der Waals surface area contributed by atoms with E-state index < -0.39 is 0 Å². The molecule has 1 amide bonds. The Morgan fingerprint density at radius 3 is 2.30 bits per heavy atom. The maximum atomic E-state index is 12.4. The molecule has 0 bridgehead atoms. The standard InChI is InChI=1S/C18H20BrNO3/c1-4-15(13-7-10-16(22-2)17(11-13)23-3)20-18(21)12-5-8-14(19)9-6-12/h5-11,15H,4H2,1-3H3,(H,20,21). The van der Waals surface area contributed by atoms with E-state index in [0.717, 1.165) is 16.5 Å². The van der Waals surface area contributed by atoms with Crippen LogP contribution in [-0.4, -0.2) is 20.1 Å². The minimum atomic E-state index is -0.0980. The van der Waals surface area contributed by atoms with Crippen LogP contribution >= 0.6 is 15.9 Å². The fourth-order valence-electron chi connectivity index (χ4n) is 2.33. The van der Waals surface area contributed by atoms with E-state index in [1.165, 1.54) is 0 Å². The molecule has 0 fully saturated rings. The van der Waals surface area contributed by atoms with Crippen molar-refractivity contribution in [1.29, 1.82) is 0 Å². The van der Waals surface area contributed by atoms with E-state index in [4.69, 9.17) is 9.47 Å². The van der Waals surface area contributed by atoms with Crippen molar-refractivity contribution in [1.82, 2.24) is 5.32 Å². The van der Waals surface area contributed by atoms with E-state index in [9.17, 15) is 4.79 Å². The van der Waals surface area contributed by atoms with Gasteiger partial charge in [-0.1, -0.05) is 28.9 Å². The molecule has 2 aromatic carbocycles. The fraction of sp³-hybridized carbons (Fsp3) is 0.278. The summed E-state index contributed by atoms with van der Waals surface area (Å²) in [5.41, 5.74) is 1.61. The van der Waals surface area contributed by atoms with Gasteiger partial charge in [-0.15, -0.1) is 0 Å². The van der Waals surface area contributed by atoms with E-state index >= 15 is 0 Å². The zero-order chi connectivity index (χ0) is 16.8. The highest BCUT2D eigenvalue weighted by Crippen LogP contribution is 2.31. The van der Waals surface area contributed by atoms with Gasteiger partial charge in [-0.25, -0.2) is 0 Å². The molecule has 0 saturated carbocycles. The molecule has 0 aromatic heterocycles.